The number of rotatable bonds is 10. The molecule has 2 nitrogen and oxygen atoms in total. The lowest BCUT2D eigenvalue weighted by Crippen LogP contribution is -2.32. The van der Waals surface area contributed by atoms with Crippen molar-refractivity contribution in [2.24, 2.45) is 0 Å². The van der Waals surface area contributed by atoms with E-state index in [0.29, 0.717) is 0 Å². The van der Waals surface area contributed by atoms with Crippen molar-refractivity contribution in [1.82, 2.24) is 10.2 Å². The summed E-state index contributed by atoms with van der Waals surface area (Å²) in [5.74, 6) is 0. The number of nitrogens with one attached hydrogen (secondary N) is 1. The van der Waals surface area contributed by atoms with E-state index >= 15 is 0 Å². The molecule has 0 saturated carbocycles. The Kier molecular flexibility index (Phi) is 8.53. The molecule has 1 rings (SSSR count). The van der Waals surface area contributed by atoms with Gasteiger partial charge in [0.15, 0.2) is 0 Å². The summed E-state index contributed by atoms with van der Waals surface area (Å²) in [6.45, 7) is 7.00. The predicted octanol–water partition coefficient (Wildman–Crippen LogP) is 2.94. The zero-order chi connectivity index (χ0) is 13.1. The fourth-order valence-corrected chi connectivity index (χ4v) is 2.23. The van der Waals surface area contributed by atoms with Crippen molar-refractivity contribution < 1.29 is 0 Å². The van der Waals surface area contributed by atoms with Crippen LogP contribution in [0.3, 0.4) is 0 Å². The van der Waals surface area contributed by atoms with Crippen molar-refractivity contribution in [1.29, 1.82) is 0 Å². The summed E-state index contributed by atoms with van der Waals surface area (Å²) >= 11 is 0. The van der Waals surface area contributed by atoms with Crippen molar-refractivity contribution in [2.45, 2.75) is 32.6 Å². The van der Waals surface area contributed by atoms with Crippen LogP contribution in [0.25, 0.3) is 0 Å². The second kappa shape index (κ2) is 10.1. The van der Waals surface area contributed by atoms with E-state index in [1.54, 1.807) is 0 Å². The molecule has 0 aliphatic heterocycles. The van der Waals surface area contributed by atoms with Crippen LogP contribution in [0.4, 0.5) is 0 Å². The van der Waals surface area contributed by atoms with Crippen LogP contribution in [0.15, 0.2) is 30.3 Å². The van der Waals surface area contributed by atoms with Gasteiger partial charge in [-0.25, -0.2) is 0 Å². The summed E-state index contributed by atoms with van der Waals surface area (Å²) in [6, 6.07) is 10.8. The molecule has 0 radical (unpaired) electrons. The average molecular weight is 248 g/mol. The molecular formula is C16H28N2. The van der Waals surface area contributed by atoms with E-state index in [1.807, 2.05) is 7.05 Å². The lowest BCUT2D eigenvalue weighted by atomic mass is 10.1. The molecule has 1 N–H and O–H groups in total. The van der Waals surface area contributed by atoms with Gasteiger partial charge in [0.25, 0.3) is 0 Å². The highest BCUT2D eigenvalue weighted by Crippen LogP contribution is 2.05. The van der Waals surface area contributed by atoms with Crippen LogP contribution in [0.1, 0.15) is 31.7 Å². The highest BCUT2D eigenvalue weighted by atomic mass is 15.1. The third-order valence-corrected chi connectivity index (χ3v) is 3.25. The van der Waals surface area contributed by atoms with Gasteiger partial charge in [0.2, 0.25) is 0 Å². The minimum Gasteiger partial charge on any atom is -0.318 e. The first kappa shape index (κ1) is 15.2. The summed E-state index contributed by atoms with van der Waals surface area (Å²) < 4.78 is 0. The van der Waals surface area contributed by atoms with Crippen LogP contribution in [0.5, 0.6) is 0 Å². The smallest absolute Gasteiger partial charge is 0.0107 e. The maximum absolute atomic E-state index is 3.23. The Morgan fingerprint density at radius 2 is 1.78 bits per heavy atom. The van der Waals surface area contributed by atoms with Gasteiger partial charge in [0, 0.05) is 13.1 Å². The van der Waals surface area contributed by atoms with Crippen LogP contribution in [-0.2, 0) is 6.42 Å². The van der Waals surface area contributed by atoms with Crippen LogP contribution in [-0.4, -0.2) is 38.1 Å². The van der Waals surface area contributed by atoms with E-state index in [9.17, 15) is 0 Å². The summed E-state index contributed by atoms with van der Waals surface area (Å²) in [5, 5.41) is 3.23. The second-order valence-electron chi connectivity index (χ2n) is 4.89. The van der Waals surface area contributed by atoms with Gasteiger partial charge in [-0.15, -0.1) is 0 Å². The number of likely N-dealkylation sites (N-methyl/N-ethyl adjacent to an activating group) is 1. The molecular weight excluding hydrogens is 220 g/mol. The van der Waals surface area contributed by atoms with Gasteiger partial charge in [-0.2, -0.15) is 0 Å². The number of benzene rings is 1. The highest BCUT2D eigenvalue weighted by Gasteiger charge is 2.02. The average Bonchev–Trinajstić information content (AvgIpc) is 2.42. The molecule has 0 aromatic heterocycles. The maximum atomic E-state index is 3.23. The normalized spacial score (nSPS) is 11.1. The molecule has 0 fully saturated rings. The molecule has 102 valence electrons. The van der Waals surface area contributed by atoms with Crippen LogP contribution >= 0.6 is 0 Å². The van der Waals surface area contributed by atoms with Crippen molar-refractivity contribution in [3.8, 4) is 0 Å². The first-order chi connectivity index (χ1) is 8.86. The summed E-state index contributed by atoms with van der Waals surface area (Å²) in [4.78, 5) is 2.57. The summed E-state index contributed by atoms with van der Waals surface area (Å²) in [6.07, 6.45) is 5.07. The van der Waals surface area contributed by atoms with Crippen molar-refractivity contribution in [3.05, 3.63) is 35.9 Å². The Bertz CT molecular complexity index is 284. The van der Waals surface area contributed by atoms with Crippen molar-refractivity contribution in [2.75, 3.05) is 33.2 Å². The van der Waals surface area contributed by atoms with Crippen LogP contribution in [0, 0.1) is 0 Å². The fourth-order valence-electron chi connectivity index (χ4n) is 2.23. The van der Waals surface area contributed by atoms with Crippen LogP contribution < -0.4 is 5.32 Å². The number of unbranched alkanes of at least 4 members (excludes halogenated alkanes) is 1. The fraction of sp³-hybridized carbons (Fsp3) is 0.625. The monoisotopic (exact) mass is 248 g/mol. The Morgan fingerprint density at radius 3 is 2.44 bits per heavy atom. The zero-order valence-electron chi connectivity index (χ0n) is 12.0. The minimum absolute atomic E-state index is 1.10. The number of hydrogen-bond acceptors (Lipinski definition) is 2. The minimum atomic E-state index is 1.10. The molecule has 2 heteroatoms. The molecule has 0 heterocycles. The molecule has 1 aromatic rings. The maximum Gasteiger partial charge on any atom is 0.0107 e. The number of hydrogen-bond donors (Lipinski definition) is 1. The van der Waals surface area contributed by atoms with Gasteiger partial charge < -0.3 is 10.2 Å². The third kappa shape index (κ3) is 6.77. The molecule has 0 aliphatic rings. The third-order valence-electron chi connectivity index (χ3n) is 3.25. The van der Waals surface area contributed by atoms with Crippen molar-refractivity contribution in [3.63, 3.8) is 0 Å². The molecule has 0 saturated heterocycles. The van der Waals surface area contributed by atoms with Gasteiger partial charge in [0.05, 0.1) is 0 Å². The standard InChI is InChI=1S/C16H28N2/c1-3-13-18(15-12-17-2)14-8-7-11-16-9-5-4-6-10-16/h4-6,9-10,17H,3,7-8,11-15H2,1-2H3. The Hall–Kier alpha value is -0.860. The number of aryl methyl sites for hydroxylation is 1. The van der Waals surface area contributed by atoms with Gasteiger partial charge in [-0.05, 0) is 51.4 Å². The predicted molar refractivity (Wildman–Crippen MR) is 80.0 cm³/mol. The molecule has 0 atom stereocenters. The summed E-state index contributed by atoms with van der Waals surface area (Å²) in [5.41, 5.74) is 1.47. The Morgan fingerprint density at radius 1 is 1.00 bits per heavy atom. The van der Waals surface area contributed by atoms with E-state index in [0.717, 1.165) is 6.54 Å². The van der Waals surface area contributed by atoms with Gasteiger partial charge in [-0.1, -0.05) is 37.3 Å². The topological polar surface area (TPSA) is 15.3 Å². The molecule has 0 unspecified atom stereocenters. The van der Waals surface area contributed by atoms with E-state index in [1.165, 1.54) is 50.9 Å². The molecule has 0 aliphatic carbocycles. The van der Waals surface area contributed by atoms with E-state index in [2.05, 4.69) is 47.5 Å². The molecule has 0 amide bonds. The largest absolute Gasteiger partial charge is 0.318 e. The first-order valence-electron chi connectivity index (χ1n) is 7.27. The van der Waals surface area contributed by atoms with E-state index < -0.39 is 0 Å². The van der Waals surface area contributed by atoms with E-state index in [-0.39, 0.29) is 0 Å². The quantitative estimate of drug-likeness (QED) is 0.640. The van der Waals surface area contributed by atoms with Gasteiger partial charge >= 0.3 is 0 Å². The zero-order valence-corrected chi connectivity index (χ0v) is 12.0. The molecule has 0 spiro atoms. The summed E-state index contributed by atoms with van der Waals surface area (Å²) in [7, 11) is 2.03. The first-order valence-corrected chi connectivity index (χ1v) is 7.27. The van der Waals surface area contributed by atoms with Gasteiger partial charge in [-0.3, -0.25) is 0 Å². The Labute approximate surface area is 112 Å². The van der Waals surface area contributed by atoms with Crippen molar-refractivity contribution >= 4 is 0 Å². The highest BCUT2D eigenvalue weighted by molar-refractivity contribution is 5.14. The SMILES string of the molecule is CCCN(CCCCc1ccccc1)CCNC. The van der Waals surface area contributed by atoms with E-state index in [4.69, 9.17) is 0 Å². The number of nitrogens with zero attached hydrogens (tertiary/aromatic N) is 1. The lowest BCUT2D eigenvalue weighted by Gasteiger charge is -2.21. The molecule has 18 heavy (non-hydrogen) atoms. The molecule has 0 bridgehead atoms. The second-order valence-corrected chi connectivity index (χ2v) is 4.89. The molecule has 1 aromatic carbocycles. The van der Waals surface area contributed by atoms with Crippen LogP contribution in [0.2, 0.25) is 0 Å². The Balaban J connectivity index is 2.14. The lowest BCUT2D eigenvalue weighted by molar-refractivity contribution is 0.270. The van der Waals surface area contributed by atoms with Gasteiger partial charge in [0.1, 0.15) is 0 Å².